The van der Waals surface area contributed by atoms with Gasteiger partial charge in [-0.3, -0.25) is 4.79 Å². The third-order valence-electron chi connectivity index (χ3n) is 3.52. The van der Waals surface area contributed by atoms with Crippen molar-refractivity contribution in [2.45, 2.75) is 6.92 Å². The summed E-state index contributed by atoms with van der Waals surface area (Å²) in [5.41, 5.74) is 2.64. The second-order valence-corrected chi connectivity index (χ2v) is 5.68. The van der Waals surface area contributed by atoms with E-state index in [4.69, 9.17) is 16.3 Å². The Kier molecular flexibility index (Phi) is 6.25. The Labute approximate surface area is 151 Å². The minimum atomic E-state index is -0.399. The van der Waals surface area contributed by atoms with Gasteiger partial charge in [-0.05, 0) is 48.9 Å². The van der Waals surface area contributed by atoms with Crippen LogP contribution in [0.1, 0.15) is 15.9 Å². The summed E-state index contributed by atoms with van der Waals surface area (Å²) < 4.78 is 9.75. The highest BCUT2D eigenvalue weighted by atomic mass is 35.5. The molecule has 7 heteroatoms. The molecular weight excluding hydrogens is 344 g/mol. The van der Waals surface area contributed by atoms with Gasteiger partial charge in [0.2, 0.25) is 5.91 Å². The van der Waals surface area contributed by atoms with Crippen molar-refractivity contribution >= 4 is 34.9 Å². The first-order chi connectivity index (χ1) is 11.9. The van der Waals surface area contributed by atoms with Crippen LogP contribution in [0.3, 0.4) is 0 Å². The van der Waals surface area contributed by atoms with Crippen LogP contribution in [-0.4, -0.2) is 32.6 Å². The Bertz CT molecular complexity index is 793. The van der Waals surface area contributed by atoms with Crippen LogP contribution in [-0.2, 0) is 9.53 Å². The van der Waals surface area contributed by atoms with Crippen LogP contribution in [0.4, 0.5) is 11.4 Å². The number of hydrogen-bond donors (Lipinski definition) is 2. The number of hydrogen-bond acceptors (Lipinski definition) is 5. The normalized spacial score (nSPS) is 10.1. The SMILES string of the molecule is COC(=O)c1ccc(NCC(=O)Nc2ccc(OC)c(Cl)c2)c(C)c1. The smallest absolute Gasteiger partial charge is 0.337 e. The summed E-state index contributed by atoms with van der Waals surface area (Å²) in [5.74, 6) is -0.0828. The number of halogens is 1. The molecular formula is C18H19ClN2O4. The summed E-state index contributed by atoms with van der Waals surface area (Å²) >= 11 is 6.03. The summed E-state index contributed by atoms with van der Waals surface area (Å²) in [6.07, 6.45) is 0. The van der Waals surface area contributed by atoms with Crippen molar-refractivity contribution in [2.75, 3.05) is 31.4 Å². The zero-order valence-electron chi connectivity index (χ0n) is 14.2. The molecule has 0 aliphatic carbocycles. The first kappa shape index (κ1) is 18.6. The van der Waals surface area contributed by atoms with Gasteiger partial charge in [0.05, 0.1) is 31.4 Å². The number of nitrogens with one attached hydrogen (secondary N) is 2. The molecule has 132 valence electrons. The lowest BCUT2D eigenvalue weighted by molar-refractivity contribution is -0.114. The molecule has 0 aromatic heterocycles. The molecule has 0 bridgehead atoms. The Morgan fingerprint density at radius 3 is 2.48 bits per heavy atom. The molecule has 0 heterocycles. The highest BCUT2D eigenvalue weighted by molar-refractivity contribution is 6.32. The fraction of sp³-hybridized carbons (Fsp3) is 0.222. The molecule has 2 N–H and O–H groups in total. The van der Waals surface area contributed by atoms with Crippen molar-refractivity contribution in [2.24, 2.45) is 0 Å². The second kappa shape index (κ2) is 8.39. The topological polar surface area (TPSA) is 76.7 Å². The molecule has 0 saturated heterocycles. The molecule has 2 aromatic carbocycles. The molecule has 0 radical (unpaired) electrons. The fourth-order valence-corrected chi connectivity index (χ4v) is 2.49. The van der Waals surface area contributed by atoms with E-state index in [9.17, 15) is 9.59 Å². The summed E-state index contributed by atoms with van der Waals surface area (Å²) in [4.78, 5) is 23.6. The number of esters is 1. The number of amides is 1. The number of ether oxygens (including phenoxy) is 2. The Balaban J connectivity index is 1.96. The molecule has 2 aromatic rings. The highest BCUT2D eigenvalue weighted by Crippen LogP contribution is 2.27. The number of anilines is 2. The van der Waals surface area contributed by atoms with E-state index in [1.54, 1.807) is 36.4 Å². The zero-order valence-corrected chi connectivity index (χ0v) is 14.9. The number of benzene rings is 2. The van der Waals surface area contributed by atoms with Gasteiger partial charge in [0.25, 0.3) is 0 Å². The van der Waals surface area contributed by atoms with Gasteiger partial charge in [0, 0.05) is 11.4 Å². The van der Waals surface area contributed by atoms with Crippen molar-refractivity contribution in [3.8, 4) is 5.75 Å². The number of carbonyl (C=O) groups is 2. The minimum absolute atomic E-state index is 0.0715. The predicted molar refractivity (Wildman–Crippen MR) is 97.6 cm³/mol. The van der Waals surface area contributed by atoms with E-state index in [1.807, 2.05) is 6.92 Å². The van der Waals surface area contributed by atoms with Crippen molar-refractivity contribution < 1.29 is 19.1 Å². The zero-order chi connectivity index (χ0) is 18.4. The maximum absolute atomic E-state index is 12.1. The first-order valence-electron chi connectivity index (χ1n) is 7.51. The van der Waals surface area contributed by atoms with Gasteiger partial charge in [-0.25, -0.2) is 4.79 Å². The summed E-state index contributed by atoms with van der Waals surface area (Å²) in [6.45, 7) is 1.91. The average molecular weight is 363 g/mol. The molecule has 0 saturated carbocycles. The van der Waals surface area contributed by atoms with Crippen LogP contribution in [0.25, 0.3) is 0 Å². The summed E-state index contributed by atoms with van der Waals surface area (Å²) in [7, 11) is 2.86. The van der Waals surface area contributed by atoms with Crippen molar-refractivity contribution in [1.29, 1.82) is 0 Å². The van der Waals surface area contributed by atoms with Crippen molar-refractivity contribution in [1.82, 2.24) is 0 Å². The van der Waals surface area contributed by atoms with Crippen LogP contribution in [0, 0.1) is 6.92 Å². The van der Waals surface area contributed by atoms with Crippen LogP contribution in [0.2, 0.25) is 5.02 Å². The van der Waals surface area contributed by atoms with Gasteiger partial charge in [0.15, 0.2) is 0 Å². The Morgan fingerprint density at radius 2 is 1.88 bits per heavy atom. The van der Waals surface area contributed by atoms with Crippen LogP contribution < -0.4 is 15.4 Å². The van der Waals surface area contributed by atoms with E-state index < -0.39 is 5.97 Å². The molecule has 2 rings (SSSR count). The van der Waals surface area contributed by atoms with Crippen molar-refractivity contribution in [3.63, 3.8) is 0 Å². The molecule has 0 spiro atoms. The molecule has 6 nitrogen and oxygen atoms in total. The van der Waals surface area contributed by atoms with Crippen LogP contribution >= 0.6 is 11.6 Å². The number of aryl methyl sites for hydroxylation is 1. The largest absolute Gasteiger partial charge is 0.495 e. The van der Waals surface area contributed by atoms with E-state index >= 15 is 0 Å². The van der Waals surface area contributed by atoms with Gasteiger partial charge < -0.3 is 20.1 Å². The Hall–Kier alpha value is -2.73. The number of methoxy groups -OCH3 is 2. The lowest BCUT2D eigenvalue weighted by Crippen LogP contribution is -2.22. The van der Waals surface area contributed by atoms with Gasteiger partial charge in [-0.1, -0.05) is 11.6 Å². The first-order valence-corrected chi connectivity index (χ1v) is 7.88. The molecule has 0 atom stereocenters. The standard InChI is InChI=1S/C18H19ClN2O4/c1-11-8-12(18(23)25-3)4-6-15(11)20-10-17(22)21-13-5-7-16(24-2)14(19)9-13/h4-9,20H,10H2,1-3H3,(H,21,22). The quantitative estimate of drug-likeness (QED) is 0.769. The van der Waals surface area contributed by atoms with E-state index in [0.29, 0.717) is 22.0 Å². The lowest BCUT2D eigenvalue weighted by Gasteiger charge is -2.12. The van der Waals surface area contributed by atoms with Crippen LogP contribution in [0.15, 0.2) is 36.4 Å². The highest BCUT2D eigenvalue weighted by Gasteiger charge is 2.09. The average Bonchev–Trinajstić information content (AvgIpc) is 2.60. The van der Waals surface area contributed by atoms with E-state index in [0.717, 1.165) is 11.3 Å². The fourth-order valence-electron chi connectivity index (χ4n) is 2.23. The van der Waals surface area contributed by atoms with Gasteiger partial charge in [0.1, 0.15) is 5.75 Å². The maximum Gasteiger partial charge on any atom is 0.337 e. The molecule has 25 heavy (non-hydrogen) atoms. The molecule has 0 fully saturated rings. The Morgan fingerprint density at radius 1 is 1.12 bits per heavy atom. The molecule has 0 unspecified atom stereocenters. The van der Waals surface area contributed by atoms with E-state index in [2.05, 4.69) is 15.4 Å². The van der Waals surface area contributed by atoms with E-state index in [-0.39, 0.29) is 12.5 Å². The molecule has 0 aliphatic heterocycles. The second-order valence-electron chi connectivity index (χ2n) is 5.27. The van der Waals surface area contributed by atoms with Crippen molar-refractivity contribution in [3.05, 3.63) is 52.5 Å². The monoisotopic (exact) mass is 362 g/mol. The summed E-state index contributed by atoms with van der Waals surface area (Å²) in [6, 6.07) is 10.1. The van der Waals surface area contributed by atoms with E-state index in [1.165, 1.54) is 14.2 Å². The molecule has 0 aliphatic rings. The minimum Gasteiger partial charge on any atom is -0.495 e. The number of carbonyl (C=O) groups excluding carboxylic acids is 2. The van der Waals surface area contributed by atoms with Gasteiger partial charge in [-0.2, -0.15) is 0 Å². The predicted octanol–water partition coefficient (Wildman–Crippen LogP) is 3.49. The van der Waals surface area contributed by atoms with Gasteiger partial charge >= 0.3 is 5.97 Å². The van der Waals surface area contributed by atoms with Gasteiger partial charge in [-0.15, -0.1) is 0 Å². The third-order valence-corrected chi connectivity index (χ3v) is 3.82. The summed E-state index contributed by atoms with van der Waals surface area (Å²) in [5, 5.41) is 6.20. The number of rotatable bonds is 6. The molecule has 1 amide bonds. The van der Waals surface area contributed by atoms with Crippen LogP contribution in [0.5, 0.6) is 5.75 Å². The lowest BCUT2D eigenvalue weighted by atomic mass is 10.1. The maximum atomic E-state index is 12.1. The third kappa shape index (κ3) is 4.87.